The molecule has 1 unspecified atom stereocenters. The highest BCUT2D eigenvalue weighted by molar-refractivity contribution is 6.30. The fraction of sp³-hybridized carbons (Fsp3) is 0.381. The Kier molecular flexibility index (Phi) is 6.13. The van der Waals surface area contributed by atoms with E-state index in [1.807, 2.05) is 9.80 Å². The predicted octanol–water partition coefficient (Wildman–Crippen LogP) is 2.08. The molecular weight excluding hydrogens is 423 g/mol. The molecule has 4 rings (SSSR count). The van der Waals surface area contributed by atoms with Crippen LogP contribution in [0.4, 0.5) is 20.7 Å². The molecule has 2 aliphatic heterocycles. The number of piperazine rings is 1. The highest BCUT2D eigenvalue weighted by atomic mass is 35.5. The van der Waals surface area contributed by atoms with E-state index in [0.29, 0.717) is 44.1 Å². The van der Waals surface area contributed by atoms with Crippen LogP contribution in [0.3, 0.4) is 0 Å². The Hall–Kier alpha value is -3.07. The van der Waals surface area contributed by atoms with E-state index >= 15 is 0 Å². The summed E-state index contributed by atoms with van der Waals surface area (Å²) in [6.45, 7) is 3.49. The summed E-state index contributed by atoms with van der Waals surface area (Å²) in [5, 5.41) is 3.17. The maximum atomic E-state index is 13.7. The molecule has 3 heterocycles. The Morgan fingerprint density at radius 1 is 1.13 bits per heavy atom. The van der Waals surface area contributed by atoms with Gasteiger partial charge >= 0.3 is 6.03 Å². The van der Waals surface area contributed by atoms with Gasteiger partial charge in [0.05, 0.1) is 10.6 Å². The maximum absolute atomic E-state index is 13.7. The standard InChI is InChI=1S/C21H24ClFN6O2/c22-17-4-3-15(12-18(17)23)29-7-5-14(13-29)26-21(31)28-10-8-27(9-11-28)20-16(19(24)30)2-1-6-25-20/h1-4,6,12,14H,5,7-11,13H2,(H2,24,30)(H,26,31). The molecule has 2 aliphatic rings. The first-order valence-corrected chi connectivity index (χ1v) is 10.6. The predicted molar refractivity (Wildman–Crippen MR) is 117 cm³/mol. The van der Waals surface area contributed by atoms with Crippen molar-refractivity contribution in [1.82, 2.24) is 15.2 Å². The lowest BCUT2D eigenvalue weighted by Gasteiger charge is -2.36. The molecule has 0 saturated carbocycles. The van der Waals surface area contributed by atoms with Crippen molar-refractivity contribution in [3.8, 4) is 0 Å². The summed E-state index contributed by atoms with van der Waals surface area (Å²) < 4.78 is 13.7. The van der Waals surface area contributed by atoms with Crippen molar-refractivity contribution in [3.63, 3.8) is 0 Å². The minimum absolute atomic E-state index is 0.0125. The molecule has 2 fully saturated rings. The number of pyridine rings is 1. The number of aromatic nitrogens is 1. The number of rotatable bonds is 4. The second-order valence-corrected chi connectivity index (χ2v) is 8.10. The smallest absolute Gasteiger partial charge is 0.317 e. The zero-order valence-electron chi connectivity index (χ0n) is 16.9. The van der Waals surface area contributed by atoms with Crippen molar-refractivity contribution in [1.29, 1.82) is 0 Å². The van der Waals surface area contributed by atoms with Crippen molar-refractivity contribution >= 4 is 35.0 Å². The second-order valence-electron chi connectivity index (χ2n) is 7.69. The van der Waals surface area contributed by atoms with Gasteiger partial charge in [-0.15, -0.1) is 0 Å². The number of anilines is 2. The highest BCUT2D eigenvalue weighted by Gasteiger charge is 2.29. The highest BCUT2D eigenvalue weighted by Crippen LogP contribution is 2.25. The number of primary amides is 1. The van der Waals surface area contributed by atoms with Crippen LogP contribution in [0.25, 0.3) is 0 Å². The topological polar surface area (TPSA) is 94.8 Å². The first-order chi connectivity index (χ1) is 14.9. The number of hydrogen-bond acceptors (Lipinski definition) is 5. The van der Waals surface area contributed by atoms with Crippen molar-refractivity contribution in [2.45, 2.75) is 12.5 Å². The molecule has 10 heteroatoms. The Morgan fingerprint density at radius 2 is 1.90 bits per heavy atom. The number of nitrogens with two attached hydrogens (primary N) is 1. The van der Waals surface area contributed by atoms with E-state index in [4.69, 9.17) is 17.3 Å². The Morgan fingerprint density at radius 3 is 2.61 bits per heavy atom. The summed E-state index contributed by atoms with van der Waals surface area (Å²) in [7, 11) is 0. The van der Waals surface area contributed by atoms with Gasteiger partial charge in [0.25, 0.3) is 5.91 Å². The minimum atomic E-state index is -0.519. The lowest BCUT2D eigenvalue weighted by molar-refractivity contribution is 0.1000. The minimum Gasteiger partial charge on any atom is -0.369 e. The molecule has 164 valence electrons. The first-order valence-electron chi connectivity index (χ1n) is 10.2. The summed E-state index contributed by atoms with van der Waals surface area (Å²) in [6.07, 6.45) is 2.41. The van der Waals surface area contributed by atoms with Crippen LogP contribution in [0.2, 0.25) is 5.02 Å². The molecule has 8 nitrogen and oxygen atoms in total. The molecule has 0 bridgehead atoms. The number of benzene rings is 1. The van der Waals surface area contributed by atoms with E-state index in [1.54, 1.807) is 35.4 Å². The lowest BCUT2D eigenvalue weighted by atomic mass is 10.2. The molecule has 0 aliphatic carbocycles. The monoisotopic (exact) mass is 446 g/mol. The van der Waals surface area contributed by atoms with E-state index in [-0.39, 0.29) is 17.1 Å². The van der Waals surface area contributed by atoms with Crippen LogP contribution in [0, 0.1) is 5.82 Å². The van der Waals surface area contributed by atoms with E-state index in [2.05, 4.69) is 10.3 Å². The number of nitrogens with one attached hydrogen (secondary N) is 1. The molecule has 31 heavy (non-hydrogen) atoms. The first kappa shape index (κ1) is 21.2. The average Bonchev–Trinajstić information content (AvgIpc) is 3.24. The van der Waals surface area contributed by atoms with Gasteiger partial charge in [-0.05, 0) is 36.8 Å². The zero-order chi connectivity index (χ0) is 22.0. The zero-order valence-corrected chi connectivity index (χ0v) is 17.7. The molecule has 0 radical (unpaired) electrons. The fourth-order valence-electron chi connectivity index (χ4n) is 4.02. The number of halogens is 2. The van der Waals surface area contributed by atoms with Crippen LogP contribution in [0.5, 0.6) is 0 Å². The molecule has 2 aromatic rings. The van der Waals surface area contributed by atoms with Crippen LogP contribution in [-0.4, -0.2) is 67.1 Å². The summed E-state index contributed by atoms with van der Waals surface area (Å²) in [4.78, 5) is 34.4. The molecule has 3 N–H and O–H groups in total. The van der Waals surface area contributed by atoms with Gasteiger partial charge in [0, 0.05) is 57.2 Å². The van der Waals surface area contributed by atoms with Crippen LogP contribution < -0.4 is 20.9 Å². The molecule has 3 amide bonds. The van der Waals surface area contributed by atoms with Crippen molar-refractivity contribution in [2.24, 2.45) is 5.73 Å². The van der Waals surface area contributed by atoms with Crippen molar-refractivity contribution in [3.05, 3.63) is 52.9 Å². The van der Waals surface area contributed by atoms with E-state index in [1.165, 1.54) is 6.07 Å². The SMILES string of the molecule is NC(=O)c1cccnc1N1CCN(C(=O)NC2CCN(c3ccc(Cl)c(F)c3)C2)CC1. The number of urea groups is 1. The van der Waals surface area contributed by atoms with Crippen LogP contribution in [0.15, 0.2) is 36.5 Å². The Bertz CT molecular complexity index is 982. The fourth-order valence-corrected chi connectivity index (χ4v) is 4.14. The lowest BCUT2D eigenvalue weighted by Crippen LogP contribution is -2.54. The summed E-state index contributed by atoms with van der Waals surface area (Å²) >= 11 is 5.76. The van der Waals surface area contributed by atoms with Gasteiger partial charge in [0.2, 0.25) is 0 Å². The van der Waals surface area contributed by atoms with Crippen molar-refractivity contribution in [2.75, 3.05) is 49.1 Å². The number of carbonyl (C=O) groups excluding carboxylic acids is 2. The van der Waals surface area contributed by atoms with Gasteiger partial charge in [-0.1, -0.05) is 11.6 Å². The molecule has 1 aromatic heterocycles. The summed E-state index contributed by atoms with van der Waals surface area (Å²) in [6, 6.07) is 7.95. The Labute approximate surface area is 184 Å². The van der Waals surface area contributed by atoms with Gasteiger partial charge in [-0.3, -0.25) is 4.79 Å². The normalized spacial score (nSPS) is 18.9. The number of nitrogens with zero attached hydrogens (tertiary/aromatic N) is 4. The van der Waals surface area contributed by atoms with Gasteiger partial charge < -0.3 is 25.8 Å². The quantitative estimate of drug-likeness (QED) is 0.749. The number of carbonyl (C=O) groups is 2. The molecule has 0 spiro atoms. The summed E-state index contributed by atoms with van der Waals surface area (Å²) in [5.41, 5.74) is 6.58. The van der Waals surface area contributed by atoms with E-state index in [9.17, 15) is 14.0 Å². The van der Waals surface area contributed by atoms with Crippen molar-refractivity contribution < 1.29 is 14.0 Å². The third kappa shape index (κ3) is 4.66. The maximum Gasteiger partial charge on any atom is 0.317 e. The van der Waals surface area contributed by atoms with Gasteiger partial charge in [0.1, 0.15) is 11.6 Å². The third-order valence-electron chi connectivity index (χ3n) is 5.70. The van der Waals surface area contributed by atoms with Gasteiger partial charge in [-0.2, -0.15) is 0 Å². The average molecular weight is 447 g/mol. The van der Waals surface area contributed by atoms with Crippen LogP contribution >= 0.6 is 11.6 Å². The second kappa shape index (κ2) is 8.97. The van der Waals surface area contributed by atoms with Gasteiger partial charge in [-0.25, -0.2) is 14.2 Å². The molecule has 2 saturated heterocycles. The number of hydrogen-bond donors (Lipinski definition) is 2. The Balaban J connectivity index is 1.30. The van der Waals surface area contributed by atoms with Crippen LogP contribution in [0.1, 0.15) is 16.8 Å². The van der Waals surface area contributed by atoms with E-state index < -0.39 is 11.7 Å². The molecular formula is C21H24ClFN6O2. The number of amides is 3. The largest absolute Gasteiger partial charge is 0.369 e. The molecule has 1 aromatic carbocycles. The van der Waals surface area contributed by atoms with Crippen LogP contribution in [-0.2, 0) is 0 Å². The summed E-state index contributed by atoms with van der Waals surface area (Å²) in [5.74, 6) is -0.414. The third-order valence-corrected chi connectivity index (χ3v) is 6.01. The molecule has 1 atom stereocenters. The van der Waals surface area contributed by atoms with E-state index in [0.717, 1.165) is 18.7 Å². The van der Waals surface area contributed by atoms with Gasteiger partial charge in [0.15, 0.2) is 0 Å².